The molecular formula is C15H22N2O3. The van der Waals surface area contributed by atoms with E-state index in [9.17, 15) is 4.79 Å². The number of likely N-dealkylation sites (N-methyl/N-ethyl adjacent to an activating group) is 1. The van der Waals surface area contributed by atoms with Crippen LogP contribution in [0.4, 0.5) is 0 Å². The van der Waals surface area contributed by atoms with Crippen molar-refractivity contribution in [1.82, 2.24) is 10.2 Å². The van der Waals surface area contributed by atoms with Gasteiger partial charge in [-0.05, 0) is 24.6 Å². The summed E-state index contributed by atoms with van der Waals surface area (Å²) < 4.78 is 10.5. The van der Waals surface area contributed by atoms with Crippen LogP contribution < -0.4 is 10.1 Å². The average Bonchev–Trinajstić information content (AvgIpc) is 2.41. The van der Waals surface area contributed by atoms with Crippen LogP contribution in [0.5, 0.6) is 5.75 Å². The minimum absolute atomic E-state index is 0.0600. The second-order valence-electron chi connectivity index (χ2n) is 5.40. The molecule has 2 rings (SSSR count). The number of ether oxygens (including phenoxy) is 2. The van der Waals surface area contributed by atoms with Crippen molar-refractivity contribution in [2.75, 3.05) is 34.4 Å². The Morgan fingerprint density at radius 2 is 1.95 bits per heavy atom. The number of amides is 1. The summed E-state index contributed by atoms with van der Waals surface area (Å²) in [5.74, 6) is 0.881. The van der Waals surface area contributed by atoms with Crippen LogP contribution in [-0.2, 0) is 15.1 Å². The van der Waals surface area contributed by atoms with Crippen LogP contribution in [0.3, 0.4) is 0 Å². The lowest BCUT2D eigenvalue weighted by molar-refractivity contribution is -0.134. The maximum Gasteiger partial charge on any atom is 0.238 e. The van der Waals surface area contributed by atoms with Gasteiger partial charge in [0.05, 0.1) is 31.9 Å². The average molecular weight is 278 g/mol. The first-order chi connectivity index (χ1) is 9.48. The van der Waals surface area contributed by atoms with Crippen molar-refractivity contribution in [2.24, 2.45) is 0 Å². The Morgan fingerprint density at radius 1 is 1.35 bits per heavy atom. The zero-order valence-electron chi connectivity index (χ0n) is 12.5. The molecule has 1 heterocycles. The van der Waals surface area contributed by atoms with E-state index >= 15 is 0 Å². The second kappa shape index (κ2) is 5.81. The smallest absolute Gasteiger partial charge is 0.238 e. The van der Waals surface area contributed by atoms with E-state index in [1.165, 1.54) is 0 Å². The van der Waals surface area contributed by atoms with Gasteiger partial charge in [-0.2, -0.15) is 0 Å². The van der Waals surface area contributed by atoms with Crippen LogP contribution >= 0.6 is 0 Å². The highest BCUT2D eigenvalue weighted by Gasteiger charge is 2.42. The fraction of sp³-hybridized carbons (Fsp3) is 0.533. The van der Waals surface area contributed by atoms with Crippen molar-refractivity contribution in [1.29, 1.82) is 0 Å². The van der Waals surface area contributed by atoms with Crippen LogP contribution in [0.2, 0.25) is 0 Å². The van der Waals surface area contributed by atoms with Gasteiger partial charge in [0, 0.05) is 14.1 Å². The molecule has 1 N–H and O–H groups in total. The minimum atomic E-state index is -0.280. The second-order valence-corrected chi connectivity index (χ2v) is 5.40. The van der Waals surface area contributed by atoms with Crippen LogP contribution in [0.25, 0.3) is 0 Å². The molecule has 0 aromatic heterocycles. The normalized spacial score (nSPS) is 18.0. The first-order valence-corrected chi connectivity index (χ1v) is 6.70. The summed E-state index contributed by atoms with van der Waals surface area (Å²) in [6.07, 6.45) is 0. The summed E-state index contributed by atoms with van der Waals surface area (Å²) in [6, 6.07) is 7.63. The Bertz CT molecular complexity index is 467. The molecule has 1 amide bonds. The Balaban J connectivity index is 2.14. The third kappa shape index (κ3) is 2.78. The molecule has 1 saturated heterocycles. The van der Waals surface area contributed by atoms with Gasteiger partial charge >= 0.3 is 0 Å². The van der Waals surface area contributed by atoms with Gasteiger partial charge in [0.25, 0.3) is 0 Å². The molecular weight excluding hydrogens is 256 g/mol. The zero-order chi connectivity index (χ0) is 14.8. The van der Waals surface area contributed by atoms with Crippen molar-refractivity contribution < 1.29 is 14.3 Å². The van der Waals surface area contributed by atoms with Gasteiger partial charge in [0.1, 0.15) is 5.75 Å². The number of methoxy groups -OCH3 is 1. The number of carbonyl (C=O) groups is 1. The standard InChI is InChI=1S/C15H22N2O3/c1-11(14(18)17(2)3)16-15(9-20-10-15)12-5-7-13(19-4)8-6-12/h5-8,11,16H,9-10H2,1-4H3. The number of nitrogens with one attached hydrogen (secondary N) is 1. The summed E-state index contributed by atoms with van der Waals surface area (Å²) in [5.41, 5.74) is 0.833. The highest BCUT2D eigenvalue weighted by molar-refractivity contribution is 5.81. The van der Waals surface area contributed by atoms with Crippen molar-refractivity contribution in [3.63, 3.8) is 0 Å². The number of rotatable bonds is 5. The Hall–Kier alpha value is -1.59. The number of benzene rings is 1. The number of hydrogen-bond acceptors (Lipinski definition) is 4. The van der Waals surface area contributed by atoms with E-state index in [0.717, 1.165) is 11.3 Å². The van der Waals surface area contributed by atoms with Gasteiger partial charge in [-0.25, -0.2) is 0 Å². The molecule has 20 heavy (non-hydrogen) atoms. The number of nitrogens with zero attached hydrogens (tertiary/aromatic N) is 1. The van der Waals surface area contributed by atoms with E-state index in [0.29, 0.717) is 13.2 Å². The van der Waals surface area contributed by atoms with Gasteiger partial charge in [-0.1, -0.05) is 12.1 Å². The molecule has 0 radical (unpaired) electrons. The quantitative estimate of drug-likeness (QED) is 0.872. The molecule has 1 aromatic carbocycles. The molecule has 0 aliphatic carbocycles. The first-order valence-electron chi connectivity index (χ1n) is 6.70. The molecule has 0 spiro atoms. The minimum Gasteiger partial charge on any atom is -0.497 e. The number of hydrogen-bond donors (Lipinski definition) is 1. The van der Waals surface area contributed by atoms with Gasteiger partial charge in [0.2, 0.25) is 5.91 Å². The molecule has 110 valence electrons. The fourth-order valence-corrected chi connectivity index (χ4v) is 2.41. The van der Waals surface area contributed by atoms with Crippen LogP contribution in [-0.4, -0.2) is 51.3 Å². The van der Waals surface area contributed by atoms with Gasteiger partial charge in [-0.15, -0.1) is 0 Å². The van der Waals surface area contributed by atoms with E-state index in [2.05, 4.69) is 5.32 Å². The van der Waals surface area contributed by atoms with Crippen molar-refractivity contribution >= 4 is 5.91 Å². The third-order valence-corrected chi connectivity index (χ3v) is 3.64. The summed E-state index contributed by atoms with van der Waals surface area (Å²) in [6.45, 7) is 3.03. The zero-order valence-corrected chi connectivity index (χ0v) is 12.5. The van der Waals surface area contributed by atoms with Gasteiger partial charge in [0.15, 0.2) is 0 Å². The summed E-state index contributed by atoms with van der Waals surface area (Å²) in [7, 11) is 5.17. The highest BCUT2D eigenvalue weighted by atomic mass is 16.5. The maximum absolute atomic E-state index is 12.0. The lowest BCUT2D eigenvalue weighted by atomic mass is 9.87. The molecule has 1 fully saturated rings. The molecule has 1 atom stereocenters. The molecule has 1 aromatic rings. The summed E-state index contributed by atoms with van der Waals surface area (Å²) in [4.78, 5) is 13.6. The molecule has 0 saturated carbocycles. The SMILES string of the molecule is COc1ccc(C2(NC(C)C(=O)N(C)C)COC2)cc1. The van der Waals surface area contributed by atoms with E-state index in [1.807, 2.05) is 31.2 Å². The lowest BCUT2D eigenvalue weighted by Crippen LogP contribution is -2.62. The van der Waals surface area contributed by atoms with E-state index < -0.39 is 0 Å². The Kier molecular flexibility index (Phi) is 4.30. The van der Waals surface area contributed by atoms with Crippen molar-refractivity contribution in [3.05, 3.63) is 29.8 Å². The summed E-state index contributed by atoms with van der Waals surface area (Å²) >= 11 is 0. The van der Waals surface area contributed by atoms with E-state index in [4.69, 9.17) is 9.47 Å². The fourth-order valence-electron chi connectivity index (χ4n) is 2.41. The predicted molar refractivity (Wildman–Crippen MR) is 76.8 cm³/mol. The van der Waals surface area contributed by atoms with E-state index in [-0.39, 0.29) is 17.5 Å². The van der Waals surface area contributed by atoms with Crippen LogP contribution in [0.1, 0.15) is 12.5 Å². The molecule has 5 heteroatoms. The summed E-state index contributed by atoms with van der Waals surface area (Å²) in [5, 5.41) is 3.41. The highest BCUT2D eigenvalue weighted by Crippen LogP contribution is 2.31. The maximum atomic E-state index is 12.0. The molecule has 5 nitrogen and oxygen atoms in total. The van der Waals surface area contributed by atoms with Crippen molar-refractivity contribution in [3.8, 4) is 5.75 Å². The lowest BCUT2D eigenvalue weighted by Gasteiger charge is -2.44. The van der Waals surface area contributed by atoms with Crippen LogP contribution in [0.15, 0.2) is 24.3 Å². The molecule has 1 unspecified atom stereocenters. The van der Waals surface area contributed by atoms with Gasteiger partial charge < -0.3 is 14.4 Å². The van der Waals surface area contributed by atoms with E-state index in [1.54, 1.807) is 26.1 Å². The molecule has 1 aliphatic heterocycles. The third-order valence-electron chi connectivity index (χ3n) is 3.64. The topological polar surface area (TPSA) is 50.8 Å². The predicted octanol–water partition coefficient (Wildman–Crippen LogP) is 0.987. The number of carbonyl (C=O) groups excluding carboxylic acids is 1. The molecule has 1 aliphatic rings. The van der Waals surface area contributed by atoms with Gasteiger partial charge in [-0.3, -0.25) is 10.1 Å². The van der Waals surface area contributed by atoms with Crippen molar-refractivity contribution in [2.45, 2.75) is 18.5 Å². The molecule has 0 bridgehead atoms. The Morgan fingerprint density at radius 3 is 2.35 bits per heavy atom. The van der Waals surface area contributed by atoms with Crippen LogP contribution in [0, 0.1) is 0 Å². The Labute approximate surface area is 119 Å². The first kappa shape index (κ1) is 14.8. The monoisotopic (exact) mass is 278 g/mol. The largest absolute Gasteiger partial charge is 0.497 e.